The number of hydrogen-bond acceptors (Lipinski definition) is 6. The summed E-state index contributed by atoms with van der Waals surface area (Å²) in [6.07, 6.45) is 0. The highest BCUT2D eigenvalue weighted by Gasteiger charge is 2.15. The number of rotatable bonds is 3. The fourth-order valence-electron chi connectivity index (χ4n) is 3.97. The summed E-state index contributed by atoms with van der Waals surface area (Å²) in [5, 5.41) is 1.38. The van der Waals surface area contributed by atoms with E-state index in [0.29, 0.717) is 11.0 Å². The average Bonchev–Trinajstić information content (AvgIpc) is 2.85. The van der Waals surface area contributed by atoms with E-state index in [-0.39, 0.29) is 0 Å². The van der Waals surface area contributed by atoms with Crippen molar-refractivity contribution in [1.29, 1.82) is 0 Å². The molecule has 0 amide bonds. The molecule has 3 aromatic rings. The topological polar surface area (TPSA) is 44.7 Å². The lowest BCUT2D eigenvalue weighted by Crippen LogP contribution is -2.44. The van der Waals surface area contributed by atoms with Crippen LogP contribution in [0.15, 0.2) is 48.5 Å². The van der Waals surface area contributed by atoms with Gasteiger partial charge in [-0.05, 0) is 50.0 Å². The van der Waals surface area contributed by atoms with Gasteiger partial charge in [0.05, 0.1) is 18.7 Å². The first-order valence-corrected chi connectivity index (χ1v) is 11.8. The molecule has 2 aliphatic heterocycles. The summed E-state index contributed by atoms with van der Waals surface area (Å²) >= 11 is 6.31. The SMILES string of the molecule is CCN1CCOCC1.CN1CCN(c2ccc(-c3nc(Cl)c4ccccc4n3)cc2)CC1. The van der Waals surface area contributed by atoms with Crippen molar-refractivity contribution in [2.75, 3.05) is 71.0 Å². The third-order valence-electron chi connectivity index (χ3n) is 6.10. The fourth-order valence-corrected chi connectivity index (χ4v) is 4.21. The molecule has 0 saturated carbocycles. The largest absolute Gasteiger partial charge is 0.379 e. The average molecular weight is 454 g/mol. The van der Waals surface area contributed by atoms with E-state index in [2.05, 4.69) is 62.9 Å². The Kier molecular flexibility index (Phi) is 7.92. The Morgan fingerprint density at radius 1 is 0.875 bits per heavy atom. The molecule has 0 spiro atoms. The number of fused-ring (bicyclic) bond motifs is 1. The number of aromatic nitrogens is 2. The Bertz CT molecular complexity index is 999. The Labute approximate surface area is 195 Å². The normalized spacial score (nSPS) is 17.8. The molecule has 0 unspecified atom stereocenters. The highest BCUT2D eigenvalue weighted by Crippen LogP contribution is 2.26. The van der Waals surface area contributed by atoms with Crippen LogP contribution in [0, 0.1) is 0 Å². The number of benzene rings is 2. The number of para-hydroxylation sites is 1. The van der Waals surface area contributed by atoms with E-state index in [1.165, 1.54) is 12.2 Å². The zero-order valence-electron chi connectivity index (χ0n) is 19.0. The summed E-state index contributed by atoms with van der Waals surface area (Å²) in [5.41, 5.74) is 3.11. The van der Waals surface area contributed by atoms with Crippen molar-refractivity contribution in [2.45, 2.75) is 6.92 Å². The maximum Gasteiger partial charge on any atom is 0.161 e. The predicted molar refractivity (Wildman–Crippen MR) is 133 cm³/mol. The molecule has 0 aliphatic carbocycles. The van der Waals surface area contributed by atoms with Crippen LogP contribution >= 0.6 is 11.6 Å². The molecule has 5 rings (SSSR count). The number of likely N-dealkylation sites (N-methyl/N-ethyl adjacent to an activating group) is 2. The Balaban J connectivity index is 0.000000260. The minimum atomic E-state index is 0.499. The van der Waals surface area contributed by atoms with Gasteiger partial charge in [0.2, 0.25) is 0 Å². The van der Waals surface area contributed by atoms with Crippen LogP contribution in [0.1, 0.15) is 6.92 Å². The van der Waals surface area contributed by atoms with Crippen molar-refractivity contribution < 1.29 is 4.74 Å². The molecule has 0 bridgehead atoms. The molecule has 2 saturated heterocycles. The molecule has 2 aromatic carbocycles. The third-order valence-corrected chi connectivity index (χ3v) is 6.39. The van der Waals surface area contributed by atoms with E-state index >= 15 is 0 Å². The smallest absolute Gasteiger partial charge is 0.161 e. The summed E-state index contributed by atoms with van der Waals surface area (Å²) in [5.74, 6) is 0.670. The van der Waals surface area contributed by atoms with Crippen LogP contribution in [0.4, 0.5) is 5.69 Å². The minimum absolute atomic E-state index is 0.499. The molecule has 0 radical (unpaired) electrons. The van der Waals surface area contributed by atoms with Gasteiger partial charge in [0.25, 0.3) is 0 Å². The molecule has 32 heavy (non-hydrogen) atoms. The monoisotopic (exact) mass is 453 g/mol. The van der Waals surface area contributed by atoms with Gasteiger partial charge < -0.3 is 14.5 Å². The molecule has 3 heterocycles. The van der Waals surface area contributed by atoms with Gasteiger partial charge in [-0.3, -0.25) is 4.90 Å². The van der Waals surface area contributed by atoms with Gasteiger partial charge in [-0.2, -0.15) is 0 Å². The number of nitrogens with zero attached hydrogens (tertiary/aromatic N) is 5. The van der Waals surface area contributed by atoms with Crippen LogP contribution in [-0.2, 0) is 4.74 Å². The summed E-state index contributed by atoms with van der Waals surface area (Å²) < 4.78 is 5.16. The van der Waals surface area contributed by atoms with Crippen molar-refractivity contribution in [1.82, 2.24) is 19.8 Å². The molecular formula is C25H32ClN5O. The van der Waals surface area contributed by atoms with Gasteiger partial charge in [-0.15, -0.1) is 0 Å². The van der Waals surface area contributed by atoms with Crippen LogP contribution in [0.3, 0.4) is 0 Å². The van der Waals surface area contributed by atoms with Gasteiger partial charge in [0.1, 0.15) is 5.15 Å². The van der Waals surface area contributed by atoms with Crippen molar-refractivity contribution in [2.24, 2.45) is 0 Å². The lowest BCUT2D eigenvalue weighted by molar-refractivity contribution is 0.0405. The zero-order chi connectivity index (χ0) is 22.3. The lowest BCUT2D eigenvalue weighted by atomic mass is 10.1. The second-order valence-corrected chi connectivity index (χ2v) is 8.60. The number of piperazine rings is 1. The van der Waals surface area contributed by atoms with E-state index in [0.717, 1.165) is 68.9 Å². The van der Waals surface area contributed by atoms with Crippen LogP contribution in [0.25, 0.3) is 22.3 Å². The lowest BCUT2D eigenvalue weighted by Gasteiger charge is -2.34. The molecule has 1 aromatic heterocycles. The minimum Gasteiger partial charge on any atom is -0.379 e. The van der Waals surface area contributed by atoms with Gasteiger partial charge in [0, 0.05) is 55.9 Å². The molecule has 170 valence electrons. The van der Waals surface area contributed by atoms with Crippen molar-refractivity contribution in [3.63, 3.8) is 0 Å². The van der Waals surface area contributed by atoms with Crippen LogP contribution < -0.4 is 4.90 Å². The number of ether oxygens (including phenoxy) is 1. The number of anilines is 1. The second kappa shape index (κ2) is 11.1. The standard InChI is InChI=1S/C19H19ClN4.C6H13NO/c1-23-10-12-24(13-11-23)15-8-6-14(7-9-15)19-21-17-5-3-2-4-16(17)18(20)22-19;1-2-7-3-5-8-6-4-7/h2-9H,10-13H2,1H3;2-6H2,1H3. The van der Waals surface area contributed by atoms with Gasteiger partial charge in [-0.1, -0.05) is 30.7 Å². The first kappa shape index (κ1) is 22.9. The van der Waals surface area contributed by atoms with E-state index in [1.807, 2.05) is 24.3 Å². The van der Waals surface area contributed by atoms with Gasteiger partial charge in [0.15, 0.2) is 5.82 Å². The first-order chi connectivity index (χ1) is 15.6. The van der Waals surface area contributed by atoms with E-state index in [9.17, 15) is 0 Å². The highest BCUT2D eigenvalue weighted by molar-refractivity contribution is 6.34. The Hall–Kier alpha value is -2.25. The van der Waals surface area contributed by atoms with Gasteiger partial charge >= 0.3 is 0 Å². The third kappa shape index (κ3) is 5.75. The highest BCUT2D eigenvalue weighted by atomic mass is 35.5. The molecule has 0 N–H and O–H groups in total. The Morgan fingerprint density at radius 3 is 2.22 bits per heavy atom. The van der Waals surface area contributed by atoms with Crippen LogP contribution in [-0.4, -0.2) is 85.8 Å². The predicted octanol–water partition coefficient (Wildman–Crippen LogP) is 4.04. The number of halogens is 1. The quantitative estimate of drug-likeness (QED) is 0.558. The fraction of sp³-hybridized carbons (Fsp3) is 0.440. The van der Waals surface area contributed by atoms with E-state index in [4.69, 9.17) is 16.3 Å². The van der Waals surface area contributed by atoms with Gasteiger partial charge in [-0.25, -0.2) is 9.97 Å². The number of hydrogen-bond donors (Lipinski definition) is 0. The van der Waals surface area contributed by atoms with Crippen molar-refractivity contribution in [3.8, 4) is 11.4 Å². The maximum atomic E-state index is 6.31. The van der Waals surface area contributed by atoms with E-state index < -0.39 is 0 Å². The summed E-state index contributed by atoms with van der Waals surface area (Å²) in [6, 6.07) is 16.3. The van der Waals surface area contributed by atoms with E-state index in [1.54, 1.807) is 0 Å². The molecule has 2 aliphatic rings. The summed E-state index contributed by atoms with van der Waals surface area (Å²) in [6.45, 7) is 11.8. The maximum absolute atomic E-state index is 6.31. The molecule has 6 nitrogen and oxygen atoms in total. The zero-order valence-corrected chi connectivity index (χ0v) is 19.8. The molecule has 7 heteroatoms. The van der Waals surface area contributed by atoms with Crippen molar-refractivity contribution in [3.05, 3.63) is 53.7 Å². The summed E-state index contributed by atoms with van der Waals surface area (Å²) in [4.78, 5) is 16.3. The molecular weight excluding hydrogens is 422 g/mol. The number of morpholine rings is 1. The molecule has 2 fully saturated rings. The molecule has 0 atom stereocenters. The first-order valence-electron chi connectivity index (χ1n) is 11.4. The Morgan fingerprint density at radius 2 is 1.56 bits per heavy atom. The van der Waals surface area contributed by atoms with Crippen molar-refractivity contribution >= 4 is 28.2 Å². The second-order valence-electron chi connectivity index (χ2n) is 8.24. The van der Waals surface area contributed by atoms with Crippen LogP contribution in [0.2, 0.25) is 5.15 Å². The summed E-state index contributed by atoms with van der Waals surface area (Å²) in [7, 11) is 2.17. The van der Waals surface area contributed by atoms with Crippen LogP contribution in [0.5, 0.6) is 0 Å².